The first kappa shape index (κ1) is 19.0. The van der Waals surface area contributed by atoms with Crippen LogP contribution in [0.4, 0.5) is 5.69 Å². The number of rotatable bonds is 7. The van der Waals surface area contributed by atoms with Gasteiger partial charge in [-0.3, -0.25) is 0 Å². The molecular formula is C23H34N2O. The predicted molar refractivity (Wildman–Crippen MR) is 111 cm³/mol. The van der Waals surface area contributed by atoms with E-state index >= 15 is 0 Å². The van der Waals surface area contributed by atoms with Crippen molar-refractivity contribution in [3.8, 4) is 5.75 Å². The van der Waals surface area contributed by atoms with Gasteiger partial charge in [0.2, 0.25) is 0 Å². The van der Waals surface area contributed by atoms with Crippen molar-refractivity contribution in [2.45, 2.75) is 70.8 Å². The standard InChI is InChI=1S/C23H34N2O/c1-5-8-16(3)23-19(6-2)24-14-13-21(23)25(4)20-12-11-18(15-22(20)26)17-9-7-10-17/h11-12,15,17,19,24,26H,3,5-10,13-14H2,1-2,4H3. The Morgan fingerprint density at radius 1 is 1.31 bits per heavy atom. The molecule has 0 spiro atoms. The van der Waals surface area contributed by atoms with Crippen molar-refractivity contribution < 1.29 is 5.11 Å². The number of anilines is 1. The van der Waals surface area contributed by atoms with Gasteiger partial charge in [0.15, 0.2) is 0 Å². The van der Waals surface area contributed by atoms with E-state index in [0.717, 1.165) is 37.9 Å². The van der Waals surface area contributed by atoms with E-state index in [1.807, 2.05) is 6.07 Å². The summed E-state index contributed by atoms with van der Waals surface area (Å²) in [5.41, 5.74) is 6.08. The fourth-order valence-corrected chi connectivity index (χ4v) is 4.35. The summed E-state index contributed by atoms with van der Waals surface area (Å²) in [7, 11) is 2.09. The molecule has 0 aromatic heterocycles. The van der Waals surface area contributed by atoms with Crippen LogP contribution in [0.5, 0.6) is 5.75 Å². The van der Waals surface area contributed by atoms with Crippen molar-refractivity contribution in [2.75, 3.05) is 18.5 Å². The Labute approximate surface area is 158 Å². The van der Waals surface area contributed by atoms with Gasteiger partial charge in [-0.15, -0.1) is 0 Å². The maximum Gasteiger partial charge on any atom is 0.139 e. The molecule has 0 saturated heterocycles. The molecule has 1 aliphatic carbocycles. The van der Waals surface area contributed by atoms with Crippen molar-refractivity contribution >= 4 is 5.69 Å². The van der Waals surface area contributed by atoms with Crippen LogP contribution in [0.25, 0.3) is 0 Å². The minimum atomic E-state index is 0.358. The molecule has 1 saturated carbocycles. The highest BCUT2D eigenvalue weighted by Gasteiger charge is 2.27. The number of nitrogens with one attached hydrogen (secondary N) is 1. The van der Waals surface area contributed by atoms with E-state index < -0.39 is 0 Å². The van der Waals surface area contributed by atoms with Gasteiger partial charge in [0.25, 0.3) is 0 Å². The largest absolute Gasteiger partial charge is 0.506 e. The molecule has 26 heavy (non-hydrogen) atoms. The molecule has 1 aromatic carbocycles. The fraction of sp³-hybridized carbons (Fsp3) is 0.565. The molecule has 0 radical (unpaired) electrons. The molecule has 2 aliphatic rings. The lowest BCUT2D eigenvalue weighted by molar-refractivity contribution is 0.415. The molecule has 2 N–H and O–H groups in total. The van der Waals surface area contributed by atoms with E-state index in [1.165, 1.54) is 41.7 Å². The monoisotopic (exact) mass is 354 g/mol. The first-order valence-electron chi connectivity index (χ1n) is 10.3. The van der Waals surface area contributed by atoms with Gasteiger partial charge in [0.05, 0.1) is 5.69 Å². The molecule has 1 heterocycles. The van der Waals surface area contributed by atoms with E-state index in [1.54, 1.807) is 0 Å². The maximum absolute atomic E-state index is 10.7. The highest BCUT2D eigenvalue weighted by molar-refractivity contribution is 5.64. The van der Waals surface area contributed by atoms with Crippen molar-refractivity contribution in [3.63, 3.8) is 0 Å². The minimum Gasteiger partial charge on any atom is -0.506 e. The van der Waals surface area contributed by atoms with Crippen molar-refractivity contribution in [1.82, 2.24) is 5.32 Å². The fourth-order valence-electron chi connectivity index (χ4n) is 4.35. The Kier molecular flexibility index (Phi) is 6.08. The van der Waals surface area contributed by atoms with Crippen molar-refractivity contribution in [2.24, 2.45) is 0 Å². The molecular weight excluding hydrogens is 320 g/mol. The van der Waals surface area contributed by atoms with Gasteiger partial charge >= 0.3 is 0 Å². The second-order valence-electron chi connectivity index (χ2n) is 7.81. The van der Waals surface area contributed by atoms with Gasteiger partial charge < -0.3 is 15.3 Å². The first-order valence-corrected chi connectivity index (χ1v) is 10.3. The van der Waals surface area contributed by atoms with Crippen LogP contribution in [0.3, 0.4) is 0 Å². The molecule has 1 aromatic rings. The highest BCUT2D eigenvalue weighted by Crippen LogP contribution is 2.41. The number of phenolic OH excluding ortho intramolecular Hbond substituents is 1. The van der Waals surface area contributed by atoms with Gasteiger partial charge in [-0.25, -0.2) is 0 Å². The zero-order chi connectivity index (χ0) is 18.7. The van der Waals surface area contributed by atoms with E-state index in [9.17, 15) is 5.11 Å². The number of nitrogens with zero attached hydrogens (tertiary/aromatic N) is 1. The number of aromatic hydroxyl groups is 1. The lowest BCUT2D eigenvalue weighted by atomic mass is 9.80. The quantitative estimate of drug-likeness (QED) is 0.681. The molecule has 142 valence electrons. The topological polar surface area (TPSA) is 35.5 Å². The number of hydrogen-bond donors (Lipinski definition) is 2. The third kappa shape index (κ3) is 3.68. The molecule has 1 fully saturated rings. The molecule has 3 nitrogen and oxygen atoms in total. The van der Waals surface area contributed by atoms with Gasteiger partial charge in [0, 0.05) is 31.8 Å². The third-order valence-electron chi connectivity index (χ3n) is 6.10. The average molecular weight is 355 g/mol. The van der Waals surface area contributed by atoms with Crippen LogP contribution in [0.2, 0.25) is 0 Å². The Balaban J connectivity index is 1.94. The summed E-state index contributed by atoms with van der Waals surface area (Å²) in [5, 5.41) is 14.4. The highest BCUT2D eigenvalue weighted by atomic mass is 16.3. The Morgan fingerprint density at radius 2 is 2.08 bits per heavy atom. The van der Waals surface area contributed by atoms with Gasteiger partial charge in [-0.2, -0.15) is 0 Å². The summed E-state index contributed by atoms with van der Waals surface area (Å²) in [6.45, 7) is 9.79. The maximum atomic E-state index is 10.7. The van der Waals surface area contributed by atoms with Gasteiger partial charge in [-0.05, 0) is 60.4 Å². The van der Waals surface area contributed by atoms with Crippen LogP contribution in [0.15, 0.2) is 41.6 Å². The summed E-state index contributed by atoms with van der Waals surface area (Å²) in [4.78, 5) is 2.19. The van der Waals surface area contributed by atoms with Crippen molar-refractivity contribution in [1.29, 1.82) is 0 Å². The summed E-state index contributed by atoms with van der Waals surface area (Å²) >= 11 is 0. The Hall–Kier alpha value is -1.74. The zero-order valence-corrected chi connectivity index (χ0v) is 16.6. The first-order chi connectivity index (χ1) is 12.6. The van der Waals surface area contributed by atoms with Gasteiger partial charge in [0.1, 0.15) is 5.75 Å². The molecule has 1 aliphatic heterocycles. The van der Waals surface area contributed by atoms with Crippen LogP contribution in [0, 0.1) is 0 Å². The van der Waals surface area contributed by atoms with E-state index in [4.69, 9.17) is 0 Å². The molecule has 0 amide bonds. The molecule has 0 bridgehead atoms. The summed E-state index contributed by atoms with van der Waals surface area (Å²) in [6.07, 6.45) is 7.98. The lowest BCUT2D eigenvalue weighted by Crippen LogP contribution is -2.40. The predicted octanol–water partition coefficient (Wildman–Crippen LogP) is 5.48. The molecule has 3 heteroatoms. The van der Waals surface area contributed by atoms with Crippen LogP contribution in [0.1, 0.15) is 70.3 Å². The molecule has 3 rings (SSSR count). The smallest absolute Gasteiger partial charge is 0.139 e. The summed E-state index contributed by atoms with van der Waals surface area (Å²) in [5.74, 6) is 1.04. The third-order valence-corrected chi connectivity index (χ3v) is 6.10. The van der Waals surface area contributed by atoms with E-state index in [2.05, 4.69) is 49.8 Å². The number of hydrogen-bond acceptors (Lipinski definition) is 3. The lowest BCUT2D eigenvalue weighted by Gasteiger charge is -2.36. The van der Waals surface area contributed by atoms with Crippen LogP contribution in [-0.2, 0) is 0 Å². The average Bonchev–Trinajstić information content (AvgIpc) is 2.59. The second kappa shape index (κ2) is 8.30. The molecule has 1 atom stereocenters. The van der Waals surface area contributed by atoms with Crippen molar-refractivity contribution in [3.05, 3.63) is 47.2 Å². The summed E-state index contributed by atoms with van der Waals surface area (Å²) in [6, 6.07) is 6.64. The number of phenols is 1. The van der Waals surface area contributed by atoms with Gasteiger partial charge in [-0.1, -0.05) is 39.3 Å². The van der Waals surface area contributed by atoms with E-state index in [0.29, 0.717) is 17.7 Å². The Bertz CT molecular complexity index is 687. The van der Waals surface area contributed by atoms with Crippen LogP contribution >= 0.6 is 0 Å². The normalized spacial score (nSPS) is 20.8. The van der Waals surface area contributed by atoms with Crippen LogP contribution in [-0.4, -0.2) is 24.7 Å². The van der Waals surface area contributed by atoms with E-state index in [-0.39, 0.29) is 0 Å². The minimum absolute atomic E-state index is 0.358. The Morgan fingerprint density at radius 3 is 2.65 bits per heavy atom. The second-order valence-corrected chi connectivity index (χ2v) is 7.81. The zero-order valence-electron chi connectivity index (χ0n) is 16.6. The number of benzene rings is 1. The molecule has 1 unspecified atom stereocenters. The summed E-state index contributed by atoms with van der Waals surface area (Å²) < 4.78 is 0. The SMILES string of the molecule is C=C(CCC)C1=C(N(C)c2ccc(C3CCC3)cc2O)CCNC1CC. The van der Waals surface area contributed by atoms with Crippen LogP contribution < -0.4 is 10.2 Å².